The minimum atomic E-state index is -0.750. The number of carbonyl (C=O) groups is 1. The van der Waals surface area contributed by atoms with Crippen LogP contribution in [0.4, 0.5) is 8.78 Å². The molecule has 1 nitrogen and oxygen atoms in total. The van der Waals surface area contributed by atoms with Gasteiger partial charge in [0.1, 0.15) is 5.82 Å². The summed E-state index contributed by atoms with van der Waals surface area (Å²) in [7, 11) is 0. The van der Waals surface area contributed by atoms with E-state index < -0.39 is 6.54 Å². The first-order chi connectivity index (χ1) is 4.81. The van der Waals surface area contributed by atoms with Gasteiger partial charge in [0.05, 0.1) is 0 Å². The second kappa shape index (κ2) is 5.88. The van der Waals surface area contributed by atoms with Gasteiger partial charge in [0.2, 0.25) is 0 Å². The highest BCUT2D eigenvalue weighted by atomic mass is 19.1. The summed E-state index contributed by atoms with van der Waals surface area (Å²) in [6, 6.07) is 7.94. The van der Waals surface area contributed by atoms with E-state index in [0.717, 1.165) is 0 Å². The zero-order chi connectivity index (χ0) is 7.82. The van der Waals surface area contributed by atoms with Crippen LogP contribution in [0.5, 0.6) is 0 Å². The molecule has 0 amide bonds. The average Bonchev–Trinajstić information content (AvgIpc) is 1.91. The summed E-state index contributed by atoms with van der Waals surface area (Å²) in [5.74, 6) is -0.178. The van der Waals surface area contributed by atoms with E-state index in [9.17, 15) is 8.78 Å². The Balaban J connectivity index is 0.000000236. The smallest absolute Gasteiger partial charge is 0.265 e. The number of hydrogen-bond donors (Lipinski definition) is 0. The van der Waals surface area contributed by atoms with Crippen LogP contribution in [0.1, 0.15) is 0 Å². The topological polar surface area (TPSA) is 17.1 Å². The third-order valence-electron chi connectivity index (χ3n) is 0.733. The van der Waals surface area contributed by atoms with Crippen molar-refractivity contribution < 1.29 is 13.6 Å². The molecule has 0 spiro atoms. The highest BCUT2D eigenvalue weighted by molar-refractivity contribution is 5.35. The predicted octanol–water partition coefficient (Wildman–Crippen LogP) is 1.97. The molecule has 54 valence electrons. The van der Waals surface area contributed by atoms with Crippen LogP contribution in [0.2, 0.25) is 0 Å². The molecule has 0 unspecified atom stereocenters. The fourth-order valence-corrected chi connectivity index (χ4v) is 0.415. The molecule has 0 bridgehead atoms. The van der Waals surface area contributed by atoms with Crippen molar-refractivity contribution in [3.63, 3.8) is 0 Å². The summed E-state index contributed by atoms with van der Waals surface area (Å²) >= 11 is 0. The van der Waals surface area contributed by atoms with Crippen molar-refractivity contribution in [3.8, 4) is 0 Å². The summed E-state index contributed by atoms with van der Waals surface area (Å²) in [6.07, 6.45) is 0. The Morgan fingerprint density at radius 2 is 1.60 bits per heavy atom. The number of carbonyl (C=O) groups excluding carboxylic acids is 1. The Labute approximate surface area is 57.3 Å². The Hall–Kier alpha value is -1.25. The van der Waals surface area contributed by atoms with Crippen molar-refractivity contribution in [2.24, 2.45) is 0 Å². The maximum Gasteiger partial charge on any atom is 0.289 e. The van der Waals surface area contributed by atoms with Gasteiger partial charge in [-0.1, -0.05) is 18.2 Å². The molecule has 0 aliphatic carbocycles. The van der Waals surface area contributed by atoms with E-state index >= 15 is 0 Å². The monoisotopic (exact) mass is 144 g/mol. The van der Waals surface area contributed by atoms with Crippen LogP contribution in [-0.2, 0) is 4.79 Å². The molecule has 0 heterocycles. The fraction of sp³-hybridized carbons (Fsp3) is 0. The summed E-state index contributed by atoms with van der Waals surface area (Å²) in [6.45, 7) is -0.750. The molecule has 0 fully saturated rings. The van der Waals surface area contributed by atoms with Crippen molar-refractivity contribution >= 4 is 6.54 Å². The molecule has 0 saturated carbocycles. The van der Waals surface area contributed by atoms with Crippen LogP contribution in [0.3, 0.4) is 0 Å². The van der Waals surface area contributed by atoms with Gasteiger partial charge in [0.25, 0.3) is 6.54 Å². The minimum absolute atomic E-state index is 0.178. The molecule has 1 aromatic rings. The van der Waals surface area contributed by atoms with Crippen molar-refractivity contribution in [2.45, 2.75) is 0 Å². The molecular formula is C7H6F2O. The van der Waals surface area contributed by atoms with Gasteiger partial charge in [0.15, 0.2) is 0 Å². The Morgan fingerprint density at radius 3 is 1.80 bits per heavy atom. The van der Waals surface area contributed by atoms with E-state index in [1.165, 1.54) is 12.1 Å². The van der Waals surface area contributed by atoms with Gasteiger partial charge < -0.3 is 0 Å². The molecule has 0 aliphatic heterocycles. The van der Waals surface area contributed by atoms with E-state index in [1.54, 1.807) is 18.2 Å². The lowest BCUT2D eigenvalue weighted by molar-refractivity contribution is 0.510. The standard InChI is InChI=1S/C6H5F.CHFO/c7-6-4-2-1-3-5-6;2-1-3/h1-5H;1H. The van der Waals surface area contributed by atoms with Crippen LogP contribution in [0.15, 0.2) is 30.3 Å². The van der Waals surface area contributed by atoms with Crippen LogP contribution in [0.25, 0.3) is 0 Å². The highest BCUT2D eigenvalue weighted by Gasteiger charge is 1.77. The Kier molecular flexibility index (Phi) is 5.14. The molecule has 0 aliphatic rings. The first kappa shape index (κ1) is 8.75. The molecule has 0 aromatic heterocycles. The number of benzene rings is 1. The molecule has 3 heteroatoms. The van der Waals surface area contributed by atoms with Crippen molar-refractivity contribution in [1.29, 1.82) is 0 Å². The third-order valence-corrected chi connectivity index (χ3v) is 0.733. The number of halogens is 2. The summed E-state index contributed by atoms with van der Waals surface area (Å²) in [5.41, 5.74) is 0. The Bertz CT molecular complexity index is 174. The first-order valence-electron chi connectivity index (χ1n) is 2.55. The zero-order valence-corrected chi connectivity index (χ0v) is 5.13. The van der Waals surface area contributed by atoms with Gasteiger partial charge in [-0.2, -0.15) is 4.39 Å². The van der Waals surface area contributed by atoms with Gasteiger partial charge >= 0.3 is 0 Å². The zero-order valence-electron chi connectivity index (χ0n) is 5.13. The molecule has 0 radical (unpaired) electrons. The Morgan fingerprint density at radius 1 is 1.20 bits per heavy atom. The van der Waals surface area contributed by atoms with Crippen molar-refractivity contribution in [1.82, 2.24) is 0 Å². The lowest BCUT2D eigenvalue weighted by Crippen LogP contribution is -1.63. The van der Waals surface area contributed by atoms with E-state index in [-0.39, 0.29) is 5.82 Å². The van der Waals surface area contributed by atoms with E-state index in [0.29, 0.717) is 0 Å². The molecule has 1 rings (SSSR count). The normalized spacial score (nSPS) is 7.40. The molecule has 0 atom stereocenters. The third kappa shape index (κ3) is 4.90. The fourth-order valence-electron chi connectivity index (χ4n) is 0.415. The van der Waals surface area contributed by atoms with E-state index in [2.05, 4.69) is 0 Å². The van der Waals surface area contributed by atoms with Crippen LogP contribution < -0.4 is 0 Å². The maximum absolute atomic E-state index is 11.9. The maximum atomic E-state index is 11.9. The molecule has 0 saturated heterocycles. The van der Waals surface area contributed by atoms with Crippen molar-refractivity contribution in [3.05, 3.63) is 36.1 Å². The van der Waals surface area contributed by atoms with Crippen LogP contribution in [0, 0.1) is 5.82 Å². The van der Waals surface area contributed by atoms with E-state index in [1.807, 2.05) is 0 Å². The van der Waals surface area contributed by atoms with Gasteiger partial charge in [0, 0.05) is 0 Å². The summed E-state index contributed by atoms with van der Waals surface area (Å²) in [4.78, 5) is 8.14. The summed E-state index contributed by atoms with van der Waals surface area (Å²) < 4.78 is 21.5. The average molecular weight is 144 g/mol. The minimum Gasteiger partial charge on any atom is -0.265 e. The lowest BCUT2D eigenvalue weighted by atomic mass is 10.4. The van der Waals surface area contributed by atoms with Gasteiger partial charge in [-0.25, -0.2) is 4.39 Å². The molecule has 1 aromatic carbocycles. The molecule has 10 heavy (non-hydrogen) atoms. The van der Waals surface area contributed by atoms with Gasteiger partial charge in [-0.15, -0.1) is 0 Å². The number of hydrogen-bond acceptors (Lipinski definition) is 1. The SMILES string of the molecule is Fc1ccccc1.O=CF. The second-order valence-electron chi connectivity index (χ2n) is 1.38. The number of rotatable bonds is 0. The predicted molar refractivity (Wildman–Crippen MR) is 34.3 cm³/mol. The first-order valence-corrected chi connectivity index (χ1v) is 2.55. The van der Waals surface area contributed by atoms with Gasteiger partial charge in [-0.3, -0.25) is 4.79 Å². The summed E-state index contributed by atoms with van der Waals surface area (Å²) in [5, 5.41) is 0. The van der Waals surface area contributed by atoms with Gasteiger partial charge in [-0.05, 0) is 12.1 Å². The highest BCUT2D eigenvalue weighted by Crippen LogP contribution is 1.91. The van der Waals surface area contributed by atoms with E-state index in [4.69, 9.17) is 4.79 Å². The largest absolute Gasteiger partial charge is 0.289 e. The van der Waals surface area contributed by atoms with Crippen LogP contribution >= 0.6 is 0 Å². The molecular weight excluding hydrogens is 138 g/mol. The molecule has 0 N–H and O–H groups in total. The van der Waals surface area contributed by atoms with Crippen LogP contribution in [-0.4, -0.2) is 6.54 Å². The van der Waals surface area contributed by atoms with Crippen molar-refractivity contribution in [2.75, 3.05) is 0 Å². The lowest BCUT2D eigenvalue weighted by Gasteiger charge is -1.78. The quantitative estimate of drug-likeness (QED) is 0.402. The second-order valence-corrected chi connectivity index (χ2v) is 1.38.